The summed E-state index contributed by atoms with van der Waals surface area (Å²) in [6, 6.07) is 21.1. The van der Waals surface area contributed by atoms with Crippen molar-refractivity contribution in [2.45, 2.75) is 23.8 Å². The molecule has 31 heavy (non-hydrogen) atoms. The standard InChI is InChI=1S/C25H19N3O2S/c26-15-21-20(16-6-2-1-3-7-16)14-22(17-10-11-17)27-23(21)31-13-12-28-24(29)18-8-4-5-9-19(18)25(28)30/h1-9,14,17H,10-13H2. The van der Waals surface area contributed by atoms with Crippen molar-refractivity contribution in [1.29, 1.82) is 5.26 Å². The summed E-state index contributed by atoms with van der Waals surface area (Å²) in [5, 5.41) is 10.6. The zero-order valence-electron chi connectivity index (χ0n) is 16.7. The SMILES string of the molecule is N#Cc1c(-c2ccccc2)cc(C2CC2)nc1SCCN1C(=O)c2ccccc2C1=O. The molecule has 2 amide bonds. The molecule has 6 heteroatoms. The maximum atomic E-state index is 12.6. The highest BCUT2D eigenvalue weighted by atomic mass is 32.2. The van der Waals surface area contributed by atoms with Crippen molar-refractivity contribution >= 4 is 23.6 Å². The molecule has 0 N–H and O–H groups in total. The number of fused-ring (bicyclic) bond motifs is 1. The third kappa shape index (κ3) is 3.62. The van der Waals surface area contributed by atoms with Gasteiger partial charge in [-0.25, -0.2) is 4.98 Å². The largest absolute Gasteiger partial charge is 0.273 e. The minimum Gasteiger partial charge on any atom is -0.273 e. The average molecular weight is 426 g/mol. The molecule has 5 nitrogen and oxygen atoms in total. The van der Waals surface area contributed by atoms with Gasteiger partial charge in [-0.15, -0.1) is 11.8 Å². The van der Waals surface area contributed by atoms with E-state index in [4.69, 9.17) is 4.98 Å². The molecule has 0 saturated heterocycles. The van der Waals surface area contributed by atoms with Gasteiger partial charge in [-0.05, 0) is 36.6 Å². The number of hydrogen-bond donors (Lipinski definition) is 0. The van der Waals surface area contributed by atoms with E-state index >= 15 is 0 Å². The highest BCUT2D eigenvalue weighted by Crippen LogP contribution is 2.42. The van der Waals surface area contributed by atoms with Crippen LogP contribution in [-0.4, -0.2) is 34.0 Å². The van der Waals surface area contributed by atoms with Gasteiger partial charge in [-0.1, -0.05) is 42.5 Å². The molecule has 1 fully saturated rings. The van der Waals surface area contributed by atoms with Crippen molar-refractivity contribution in [2.75, 3.05) is 12.3 Å². The number of carbonyl (C=O) groups excluding carboxylic acids is 2. The van der Waals surface area contributed by atoms with Gasteiger partial charge < -0.3 is 0 Å². The van der Waals surface area contributed by atoms with E-state index in [1.165, 1.54) is 16.7 Å². The van der Waals surface area contributed by atoms with Gasteiger partial charge in [0.1, 0.15) is 11.1 Å². The fourth-order valence-corrected chi connectivity index (χ4v) is 4.80. The van der Waals surface area contributed by atoms with E-state index in [1.807, 2.05) is 36.4 Å². The first-order valence-corrected chi connectivity index (χ1v) is 11.2. The highest BCUT2D eigenvalue weighted by molar-refractivity contribution is 7.99. The Bertz CT molecular complexity index is 1190. The van der Waals surface area contributed by atoms with Crippen LogP contribution in [0.25, 0.3) is 11.1 Å². The lowest BCUT2D eigenvalue weighted by Crippen LogP contribution is -2.31. The Labute approximate surface area is 184 Å². The summed E-state index contributed by atoms with van der Waals surface area (Å²) in [5.74, 6) is 0.415. The molecule has 152 valence electrons. The van der Waals surface area contributed by atoms with Crippen LogP contribution in [-0.2, 0) is 0 Å². The molecular weight excluding hydrogens is 406 g/mol. The van der Waals surface area contributed by atoms with Gasteiger partial charge in [0.2, 0.25) is 0 Å². The van der Waals surface area contributed by atoms with Crippen molar-refractivity contribution in [3.8, 4) is 17.2 Å². The second kappa shape index (κ2) is 8.01. The Morgan fingerprint density at radius 3 is 2.23 bits per heavy atom. The average Bonchev–Trinajstić information content (AvgIpc) is 3.63. The molecule has 1 saturated carbocycles. The zero-order valence-corrected chi connectivity index (χ0v) is 17.6. The van der Waals surface area contributed by atoms with E-state index in [0.29, 0.717) is 33.4 Å². The van der Waals surface area contributed by atoms with Crippen molar-refractivity contribution in [3.63, 3.8) is 0 Å². The number of pyridine rings is 1. The van der Waals surface area contributed by atoms with Crippen molar-refractivity contribution in [2.24, 2.45) is 0 Å². The maximum absolute atomic E-state index is 12.6. The monoisotopic (exact) mass is 425 g/mol. The Balaban J connectivity index is 1.40. The smallest absolute Gasteiger partial charge is 0.261 e. The number of nitriles is 1. The van der Waals surface area contributed by atoms with E-state index in [9.17, 15) is 14.9 Å². The topological polar surface area (TPSA) is 74.1 Å². The Morgan fingerprint density at radius 1 is 0.968 bits per heavy atom. The van der Waals surface area contributed by atoms with Crippen LogP contribution in [0.15, 0.2) is 65.7 Å². The first-order valence-electron chi connectivity index (χ1n) is 10.3. The van der Waals surface area contributed by atoms with Crippen molar-refractivity contribution in [1.82, 2.24) is 9.88 Å². The summed E-state index contributed by atoms with van der Waals surface area (Å²) in [6.07, 6.45) is 2.23. The van der Waals surface area contributed by atoms with Crippen molar-refractivity contribution < 1.29 is 9.59 Å². The maximum Gasteiger partial charge on any atom is 0.261 e. The molecule has 2 heterocycles. The number of imide groups is 1. The molecule has 0 unspecified atom stereocenters. The Hall–Kier alpha value is -3.43. The van der Waals surface area contributed by atoms with Crippen molar-refractivity contribution in [3.05, 3.63) is 83.0 Å². The summed E-state index contributed by atoms with van der Waals surface area (Å²) in [4.78, 5) is 31.3. The van der Waals surface area contributed by atoms with E-state index in [1.54, 1.807) is 24.3 Å². The fraction of sp³-hybridized carbons (Fsp3) is 0.200. The lowest BCUT2D eigenvalue weighted by molar-refractivity contribution is 0.0664. The molecule has 2 aromatic carbocycles. The molecule has 0 spiro atoms. The van der Waals surface area contributed by atoms with Crippen LogP contribution in [0, 0.1) is 11.3 Å². The van der Waals surface area contributed by atoms with Gasteiger partial charge in [0.25, 0.3) is 11.8 Å². The van der Waals surface area contributed by atoms with E-state index in [0.717, 1.165) is 29.7 Å². The summed E-state index contributed by atoms with van der Waals surface area (Å²) >= 11 is 1.43. The molecule has 1 aliphatic carbocycles. The van der Waals surface area contributed by atoms with Crippen LogP contribution in [0.2, 0.25) is 0 Å². The lowest BCUT2D eigenvalue weighted by Gasteiger charge is -2.15. The van der Waals surface area contributed by atoms with Gasteiger partial charge >= 0.3 is 0 Å². The molecule has 0 radical (unpaired) electrons. The third-order valence-corrected chi connectivity index (χ3v) is 6.59. The molecule has 5 rings (SSSR count). The van der Waals surface area contributed by atoms with Crippen LogP contribution < -0.4 is 0 Å². The summed E-state index contributed by atoms with van der Waals surface area (Å²) < 4.78 is 0. The van der Waals surface area contributed by atoms with Gasteiger partial charge in [0.05, 0.1) is 16.7 Å². The molecular formula is C25H19N3O2S. The number of thioether (sulfide) groups is 1. The number of aromatic nitrogens is 1. The second-order valence-corrected chi connectivity index (χ2v) is 8.77. The molecule has 0 atom stereocenters. The summed E-state index contributed by atoms with van der Waals surface area (Å²) in [6.45, 7) is 0.276. The van der Waals surface area contributed by atoms with Crippen LogP contribution in [0.5, 0.6) is 0 Å². The quantitative estimate of drug-likeness (QED) is 0.415. The minimum absolute atomic E-state index is 0.258. The number of amides is 2. The first-order chi connectivity index (χ1) is 15.2. The van der Waals surface area contributed by atoms with E-state index in [2.05, 4.69) is 6.07 Å². The Kier molecular flexibility index (Phi) is 5.05. The van der Waals surface area contributed by atoms with E-state index in [-0.39, 0.29) is 18.4 Å². The fourth-order valence-electron chi connectivity index (χ4n) is 3.86. The number of rotatable bonds is 6. The number of carbonyl (C=O) groups is 2. The van der Waals surface area contributed by atoms with Gasteiger partial charge in [0, 0.05) is 29.5 Å². The van der Waals surface area contributed by atoms with Crippen LogP contribution >= 0.6 is 11.8 Å². The predicted octanol–water partition coefficient (Wildman–Crippen LogP) is 4.89. The summed E-state index contributed by atoms with van der Waals surface area (Å²) in [7, 11) is 0. The van der Waals surface area contributed by atoms with Crippen LogP contribution in [0.4, 0.5) is 0 Å². The van der Waals surface area contributed by atoms with Crippen LogP contribution in [0.3, 0.4) is 0 Å². The van der Waals surface area contributed by atoms with Crippen LogP contribution in [0.1, 0.15) is 50.7 Å². The molecule has 3 aromatic rings. The van der Waals surface area contributed by atoms with E-state index < -0.39 is 0 Å². The normalized spacial score (nSPS) is 15.1. The molecule has 1 aromatic heterocycles. The molecule has 1 aliphatic heterocycles. The van der Waals surface area contributed by atoms with Gasteiger partial charge in [0.15, 0.2) is 0 Å². The predicted molar refractivity (Wildman–Crippen MR) is 119 cm³/mol. The summed E-state index contributed by atoms with van der Waals surface area (Å²) in [5.41, 5.74) is 4.35. The molecule has 2 aliphatic rings. The molecule has 0 bridgehead atoms. The van der Waals surface area contributed by atoms with Gasteiger partial charge in [-0.2, -0.15) is 5.26 Å². The number of hydrogen-bond acceptors (Lipinski definition) is 5. The van der Waals surface area contributed by atoms with Gasteiger partial charge in [-0.3, -0.25) is 14.5 Å². The highest BCUT2D eigenvalue weighted by Gasteiger charge is 2.34. The zero-order chi connectivity index (χ0) is 21.4. The lowest BCUT2D eigenvalue weighted by atomic mass is 10.0. The second-order valence-electron chi connectivity index (χ2n) is 7.68. The third-order valence-electron chi connectivity index (χ3n) is 5.63. The Morgan fingerprint density at radius 2 is 1.61 bits per heavy atom. The number of benzene rings is 2. The number of nitrogens with zero attached hydrogens (tertiary/aromatic N) is 3. The minimum atomic E-state index is -0.258. The first kappa shape index (κ1) is 19.5.